The van der Waals surface area contributed by atoms with Gasteiger partial charge in [-0.1, -0.05) is 19.9 Å². The van der Waals surface area contributed by atoms with Gasteiger partial charge in [-0.15, -0.1) is 0 Å². The van der Waals surface area contributed by atoms with Gasteiger partial charge >= 0.3 is 5.97 Å². The van der Waals surface area contributed by atoms with Crippen LogP contribution in [0, 0.1) is 11.8 Å². The Labute approximate surface area is 195 Å². The molecule has 2 saturated carbocycles. The van der Waals surface area contributed by atoms with Crippen molar-refractivity contribution in [3.05, 3.63) is 23.3 Å². The molecule has 3 fully saturated rings. The summed E-state index contributed by atoms with van der Waals surface area (Å²) < 4.78 is 13.2. The van der Waals surface area contributed by atoms with Gasteiger partial charge < -0.3 is 19.7 Å². The van der Waals surface area contributed by atoms with Crippen LogP contribution in [0.2, 0.25) is 0 Å². The fourth-order valence-corrected chi connectivity index (χ4v) is 7.82. The van der Waals surface area contributed by atoms with Crippen LogP contribution in [-0.4, -0.2) is 71.1 Å². The van der Waals surface area contributed by atoms with Crippen LogP contribution < -0.4 is 10.1 Å². The number of carboxylic acid groups (broad SMARTS) is 1. The highest BCUT2D eigenvalue weighted by Crippen LogP contribution is 2.66. The summed E-state index contributed by atoms with van der Waals surface area (Å²) in [6.07, 6.45) is 5.83. The first kappa shape index (κ1) is 21.7. The Kier molecular flexibility index (Phi) is 4.82. The summed E-state index contributed by atoms with van der Waals surface area (Å²) in [5, 5.41) is 24.1. The van der Waals surface area contributed by atoms with E-state index in [9.17, 15) is 15.0 Å². The quantitative estimate of drug-likeness (QED) is 0.581. The fourth-order valence-electron chi connectivity index (χ4n) is 7.82. The van der Waals surface area contributed by atoms with Crippen molar-refractivity contribution >= 4 is 5.97 Å². The van der Waals surface area contributed by atoms with Crippen molar-refractivity contribution < 1.29 is 24.5 Å². The summed E-state index contributed by atoms with van der Waals surface area (Å²) >= 11 is 0. The van der Waals surface area contributed by atoms with E-state index in [1.54, 1.807) is 6.07 Å². The Morgan fingerprint density at radius 1 is 1.30 bits per heavy atom. The number of aliphatic carboxylic acids is 1. The minimum absolute atomic E-state index is 0.0404. The molecular formula is C26H36N2O5. The lowest BCUT2D eigenvalue weighted by Gasteiger charge is -2.66. The third-order valence-electron chi connectivity index (χ3n) is 9.41. The maximum absolute atomic E-state index is 12.0. The zero-order valence-corrected chi connectivity index (χ0v) is 19.8. The molecule has 7 nitrogen and oxygen atoms in total. The van der Waals surface area contributed by atoms with Gasteiger partial charge in [-0.3, -0.25) is 15.0 Å². The summed E-state index contributed by atoms with van der Waals surface area (Å²) in [6, 6.07) is 3.34. The monoisotopic (exact) mass is 456 g/mol. The van der Waals surface area contributed by atoms with Gasteiger partial charge in [0.2, 0.25) is 0 Å². The fraction of sp³-hybridized carbons (Fsp3) is 0.731. The first-order valence-electron chi connectivity index (χ1n) is 12.6. The Balaban J connectivity index is 1.47. The lowest BCUT2D eigenvalue weighted by Crippen LogP contribution is -2.79. The number of carboxylic acids is 1. The molecule has 2 bridgehead atoms. The molecule has 0 aromatic heterocycles. The summed E-state index contributed by atoms with van der Waals surface area (Å²) in [6.45, 7) is 5.99. The zero-order valence-electron chi connectivity index (χ0n) is 19.8. The predicted octanol–water partition coefficient (Wildman–Crippen LogP) is 2.68. The minimum Gasteiger partial charge on any atom is -0.504 e. The van der Waals surface area contributed by atoms with Crippen molar-refractivity contribution in [3.8, 4) is 11.5 Å². The van der Waals surface area contributed by atoms with E-state index >= 15 is 0 Å². The number of ether oxygens (including phenoxy) is 2. The third kappa shape index (κ3) is 2.82. The maximum atomic E-state index is 12.0. The van der Waals surface area contributed by atoms with Crippen LogP contribution in [0.4, 0.5) is 0 Å². The number of piperidine rings is 1. The summed E-state index contributed by atoms with van der Waals surface area (Å²) in [7, 11) is 1.85. The average molecular weight is 457 g/mol. The molecule has 3 aliphatic carbocycles. The molecule has 1 saturated heterocycles. The number of carbonyl (C=O) groups is 1. The SMILES string of the molecule is CO[C@@]12CC[C@H](N[C@@H](C(=O)O)C(C)C)[C@@H]3Oc4c(O)ccc5c4[C@@]31CCN(CC1CC1)C2C5. The third-order valence-corrected chi connectivity index (χ3v) is 9.41. The van der Waals surface area contributed by atoms with Crippen molar-refractivity contribution in [2.45, 2.75) is 87.6 Å². The molecule has 3 N–H and O–H groups in total. The minimum atomic E-state index is -0.828. The molecule has 0 radical (unpaired) electrons. The topological polar surface area (TPSA) is 91.3 Å². The molecule has 180 valence electrons. The van der Waals surface area contributed by atoms with E-state index < -0.39 is 17.6 Å². The maximum Gasteiger partial charge on any atom is 0.320 e. The second-order valence-electron chi connectivity index (χ2n) is 11.3. The number of rotatable bonds is 7. The van der Waals surface area contributed by atoms with Crippen LogP contribution in [0.15, 0.2) is 12.1 Å². The molecule has 7 heteroatoms. The smallest absolute Gasteiger partial charge is 0.320 e. The number of benzene rings is 1. The Morgan fingerprint density at radius 3 is 2.76 bits per heavy atom. The first-order valence-corrected chi connectivity index (χ1v) is 12.6. The highest BCUT2D eigenvalue weighted by molar-refractivity contribution is 5.74. The van der Waals surface area contributed by atoms with Gasteiger partial charge in [0, 0.05) is 31.3 Å². The zero-order chi connectivity index (χ0) is 23.1. The molecule has 1 unspecified atom stereocenters. The number of likely N-dealkylation sites (tertiary alicyclic amines) is 1. The van der Waals surface area contributed by atoms with E-state index in [4.69, 9.17) is 9.47 Å². The van der Waals surface area contributed by atoms with Crippen molar-refractivity contribution in [1.82, 2.24) is 10.2 Å². The first-order chi connectivity index (χ1) is 15.8. The van der Waals surface area contributed by atoms with Crippen molar-refractivity contribution in [3.63, 3.8) is 0 Å². The highest BCUT2D eigenvalue weighted by Gasteiger charge is 2.74. The lowest BCUT2D eigenvalue weighted by atomic mass is 9.48. The van der Waals surface area contributed by atoms with Crippen LogP contribution in [0.3, 0.4) is 0 Å². The number of hydrogen-bond acceptors (Lipinski definition) is 6. The molecule has 6 atom stereocenters. The number of methoxy groups -OCH3 is 1. The normalized spacial score (nSPS) is 37.5. The van der Waals surface area contributed by atoms with Gasteiger partial charge in [0.15, 0.2) is 11.5 Å². The molecule has 6 rings (SSSR count). The highest BCUT2D eigenvalue weighted by atomic mass is 16.5. The van der Waals surface area contributed by atoms with E-state index in [2.05, 4.69) is 16.3 Å². The van der Waals surface area contributed by atoms with E-state index in [1.807, 2.05) is 21.0 Å². The summed E-state index contributed by atoms with van der Waals surface area (Å²) in [5.74, 6) is 0.713. The molecule has 1 spiro atoms. The van der Waals surface area contributed by atoms with Crippen LogP contribution in [-0.2, 0) is 21.4 Å². The van der Waals surface area contributed by atoms with Crippen LogP contribution in [0.5, 0.6) is 11.5 Å². The number of aromatic hydroxyl groups is 1. The standard InChI is InChI=1S/C26H36N2O5/c1-14(2)21(24(30)31)27-17-8-9-26(32-3)19-12-16-6-7-18(29)22-20(16)25(26,23(17)33-22)10-11-28(19)13-15-4-5-15/h6-7,14-15,17,19,21,23,27,29H,4-5,8-13H2,1-3H3,(H,30,31)/t17-,19?,21+,23-,25-,26+/m0/s1. The molecule has 1 aromatic carbocycles. The summed E-state index contributed by atoms with van der Waals surface area (Å²) in [4.78, 5) is 14.7. The van der Waals surface area contributed by atoms with Crippen molar-refractivity contribution in [2.75, 3.05) is 20.2 Å². The molecule has 5 aliphatic rings. The molecular weight excluding hydrogens is 420 g/mol. The second-order valence-corrected chi connectivity index (χ2v) is 11.3. The van der Waals surface area contributed by atoms with E-state index in [1.165, 1.54) is 18.4 Å². The van der Waals surface area contributed by atoms with Gasteiger partial charge in [-0.2, -0.15) is 0 Å². The van der Waals surface area contributed by atoms with E-state index in [-0.39, 0.29) is 35.3 Å². The van der Waals surface area contributed by atoms with E-state index in [0.29, 0.717) is 5.75 Å². The Hall–Kier alpha value is -1.83. The number of hydrogen-bond donors (Lipinski definition) is 3. The summed E-state index contributed by atoms with van der Waals surface area (Å²) in [5.41, 5.74) is 1.60. The van der Waals surface area contributed by atoms with Crippen LogP contribution in [0.1, 0.15) is 57.1 Å². The van der Waals surface area contributed by atoms with Crippen molar-refractivity contribution in [1.29, 1.82) is 0 Å². The molecule has 2 heterocycles. The second kappa shape index (κ2) is 7.33. The van der Waals surface area contributed by atoms with Gasteiger partial charge in [0.05, 0.1) is 11.0 Å². The largest absolute Gasteiger partial charge is 0.504 e. The van der Waals surface area contributed by atoms with Crippen LogP contribution >= 0.6 is 0 Å². The van der Waals surface area contributed by atoms with Gasteiger partial charge in [-0.05, 0) is 68.5 Å². The van der Waals surface area contributed by atoms with Crippen molar-refractivity contribution in [2.24, 2.45) is 11.8 Å². The van der Waals surface area contributed by atoms with Gasteiger partial charge in [0.25, 0.3) is 0 Å². The molecule has 1 aromatic rings. The Morgan fingerprint density at radius 2 is 2.09 bits per heavy atom. The molecule has 2 aliphatic heterocycles. The molecule has 33 heavy (non-hydrogen) atoms. The van der Waals surface area contributed by atoms with Gasteiger partial charge in [-0.25, -0.2) is 0 Å². The van der Waals surface area contributed by atoms with E-state index in [0.717, 1.165) is 50.3 Å². The number of phenols is 1. The lowest BCUT2D eigenvalue weighted by molar-refractivity contribution is -0.208. The van der Waals surface area contributed by atoms with Crippen LogP contribution in [0.25, 0.3) is 0 Å². The molecule has 0 amide bonds. The average Bonchev–Trinajstić information content (AvgIpc) is 3.53. The number of nitrogens with one attached hydrogen (secondary N) is 1. The number of nitrogens with zero attached hydrogens (tertiary/aromatic N) is 1. The Bertz CT molecular complexity index is 978. The van der Waals surface area contributed by atoms with Gasteiger partial charge in [0.1, 0.15) is 12.1 Å². The number of phenolic OH excluding ortho intramolecular Hbond substituents is 1. The predicted molar refractivity (Wildman–Crippen MR) is 123 cm³/mol.